The number of rotatable bonds is 6. The molecule has 0 aromatic carbocycles. The van der Waals surface area contributed by atoms with Crippen LogP contribution in [0.1, 0.15) is 23.6 Å². The molecule has 22 heavy (non-hydrogen) atoms. The third-order valence-corrected chi connectivity index (χ3v) is 3.95. The highest BCUT2D eigenvalue weighted by Gasteiger charge is 2.11. The summed E-state index contributed by atoms with van der Waals surface area (Å²) < 4.78 is 5.42. The molecule has 9 heteroatoms. The molecular formula is C13H18ClIN4O2S. The molecule has 122 valence electrons. The fraction of sp³-hybridized carbons (Fsp3) is 0.385. The van der Waals surface area contributed by atoms with E-state index in [1.54, 1.807) is 12.1 Å². The van der Waals surface area contributed by atoms with Gasteiger partial charge in [0.25, 0.3) is 0 Å². The van der Waals surface area contributed by atoms with E-state index in [-0.39, 0.29) is 24.0 Å². The molecule has 0 aliphatic rings. The Morgan fingerprint density at radius 2 is 2.27 bits per heavy atom. The van der Waals surface area contributed by atoms with Crippen molar-refractivity contribution in [2.75, 3.05) is 13.1 Å². The van der Waals surface area contributed by atoms with Crippen molar-refractivity contribution < 1.29 is 9.63 Å². The molecule has 3 N–H and O–H groups in total. The van der Waals surface area contributed by atoms with Gasteiger partial charge in [-0.05, 0) is 19.1 Å². The average Bonchev–Trinajstić information content (AvgIpc) is 3.13. The molecule has 2 rings (SSSR count). The van der Waals surface area contributed by atoms with Crippen LogP contribution in [0.15, 0.2) is 34.0 Å². The summed E-state index contributed by atoms with van der Waals surface area (Å²) in [5.74, 6) is 0.613. The van der Waals surface area contributed by atoms with E-state index in [4.69, 9.17) is 16.1 Å². The molecule has 2 heterocycles. The molecule has 0 fully saturated rings. The summed E-state index contributed by atoms with van der Waals surface area (Å²) in [6, 6.07) is 5.35. The summed E-state index contributed by atoms with van der Waals surface area (Å²) in [6.07, 6.45) is 0.883. The number of aliphatic hydroxyl groups excluding tert-OH is 1. The fourth-order valence-electron chi connectivity index (χ4n) is 1.62. The second-order valence-corrected chi connectivity index (χ2v) is 5.97. The van der Waals surface area contributed by atoms with E-state index in [1.165, 1.54) is 17.6 Å². The maximum Gasteiger partial charge on any atom is 0.191 e. The summed E-state index contributed by atoms with van der Waals surface area (Å²) in [5, 5.41) is 20.1. The Kier molecular flexibility index (Phi) is 8.76. The molecule has 2 aromatic heterocycles. The van der Waals surface area contributed by atoms with Crippen LogP contribution in [0.3, 0.4) is 0 Å². The maximum atomic E-state index is 10.1. The van der Waals surface area contributed by atoms with Crippen LogP contribution in [0.2, 0.25) is 4.34 Å². The number of aromatic nitrogens is 1. The van der Waals surface area contributed by atoms with E-state index in [0.717, 1.165) is 17.1 Å². The molecule has 1 unspecified atom stereocenters. The number of aliphatic hydroxyl groups is 1. The lowest BCUT2D eigenvalue weighted by atomic mass is 10.3. The highest BCUT2D eigenvalue weighted by atomic mass is 127. The zero-order valence-corrected chi connectivity index (χ0v) is 15.9. The monoisotopic (exact) mass is 456 g/mol. The summed E-state index contributed by atoms with van der Waals surface area (Å²) in [5.41, 5.74) is 0.748. The smallest absolute Gasteiger partial charge is 0.191 e. The topological polar surface area (TPSA) is 82.7 Å². The van der Waals surface area contributed by atoms with E-state index in [9.17, 15) is 5.11 Å². The van der Waals surface area contributed by atoms with Crippen LogP contribution in [0.5, 0.6) is 0 Å². The summed E-state index contributed by atoms with van der Waals surface area (Å²) in [7, 11) is 0. The van der Waals surface area contributed by atoms with Crippen LogP contribution >= 0.6 is 46.9 Å². The van der Waals surface area contributed by atoms with Crippen molar-refractivity contribution in [3.63, 3.8) is 0 Å². The minimum absolute atomic E-state index is 0. The lowest BCUT2D eigenvalue weighted by Crippen LogP contribution is -2.39. The van der Waals surface area contributed by atoms with Gasteiger partial charge in [0.2, 0.25) is 0 Å². The predicted octanol–water partition coefficient (Wildman–Crippen LogP) is 2.80. The Balaban J connectivity index is 0.00000242. The minimum Gasteiger partial charge on any atom is -0.386 e. The standard InChI is InChI=1S/C13H17ClN4O2S.HI/c1-2-15-13(16-7-9-5-6-20-18-9)17-8-10(19)11-3-4-12(14)21-11;/h3-6,10,19H,2,7-8H2,1H3,(H2,15,16,17);1H. The van der Waals surface area contributed by atoms with Crippen molar-refractivity contribution in [3.8, 4) is 0 Å². The van der Waals surface area contributed by atoms with Crippen LogP contribution in [0, 0.1) is 0 Å². The largest absolute Gasteiger partial charge is 0.386 e. The van der Waals surface area contributed by atoms with E-state index in [0.29, 0.717) is 23.4 Å². The van der Waals surface area contributed by atoms with Gasteiger partial charge in [-0.2, -0.15) is 0 Å². The zero-order chi connectivity index (χ0) is 15.1. The number of hydrogen-bond donors (Lipinski definition) is 3. The SMILES string of the molecule is CCNC(=NCc1ccon1)NCC(O)c1ccc(Cl)s1.I. The molecule has 0 bridgehead atoms. The first kappa shape index (κ1) is 19.2. The van der Waals surface area contributed by atoms with Crippen molar-refractivity contribution in [1.29, 1.82) is 0 Å². The lowest BCUT2D eigenvalue weighted by Gasteiger charge is -2.14. The number of thiophene rings is 1. The van der Waals surface area contributed by atoms with Gasteiger partial charge < -0.3 is 20.3 Å². The summed E-state index contributed by atoms with van der Waals surface area (Å²) >= 11 is 7.22. The molecule has 1 atom stereocenters. The molecule has 0 spiro atoms. The number of nitrogens with zero attached hydrogens (tertiary/aromatic N) is 2. The molecule has 0 saturated heterocycles. The molecule has 0 aliphatic heterocycles. The van der Waals surface area contributed by atoms with Gasteiger partial charge in [0.15, 0.2) is 5.96 Å². The van der Waals surface area contributed by atoms with Gasteiger partial charge in [-0.25, -0.2) is 4.99 Å². The number of nitrogens with one attached hydrogen (secondary N) is 2. The molecule has 0 radical (unpaired) electrons. The van der Waals surface area contributed by atoms with Crippen LogP contribution < -0.4 is 10.6 Å². The van der Waals surface area contributed by atoms with Crippen LogP contribution in [-0.2, 0) is 6.54 Å². The highest BCUT2D eigenvalue weighted by Crippen LogP contribution is 2.26. The summed E-state index contributed by atoms with van der Waals surface area (Å²) in [6.45, 7) is 3.46. The van der Waals surface area contributed by atoms with E-state index in [1.807, 2.05) is 13.0 Å². The second-order valence-electron chi connectivity index (χ2n) is 4.22. The molecule has 0 aliphatic carbocycles. The first-order valence-electron chi connectivity index (χ1n) is 6.53. The number of guanidine groups is 1. The van der Waals surface area contributed by atoms with Gasteiger partial charge in [0, 0.05) is 24.0 Å². The Morgan fingerprint density at radius 1 is 1.45 bits per heavy atom. The predicted molar refractivity (Wildman–Crippen MR) is 99.0 cm³/mol. The first-order chi connectivity index (χ1) is 10.2. The molecular weight excluding hydrogens is 439 g/mol. The van der Waals surface area contributed by atoms with Gasteiger partial charge in [-0.15, -0.1) is 35.3 Å². The molecule has 2 aromatic rings. The number of halogens is 2. The Bertz CT molecular complexity index is 576. The zero-order valence-electron chi connectivity index (χ0n) is 12.0. The molecule has 0 amide bonds. The highest BCUT2D eigenvalue weighted by molar-refractivity contribution is 14.0. The Hall–Kier alpha value is -0.840. The van der Waals surface area contributed by atoms with E-state index >= 15 is 0 Å². The normalized spacial score (nSPS) is 12.6. The van der Waals surface area contributed by atoms with Gasteiger partial charge >= 0.3 is 0 Å². The third kappa shape index (κ3) is 6.11. The quantitative estimate of drug-likeness (QED) is 0.354. The van der Waals surface area contributed by atoms with Crippen LogP contribution in [0.25, 0.3) is 0 Å². The van der Waals surface area contributed by atoms with Crippen molar-refractivity contribution in [1.82, 2.24) is 15.8 Å². The second kappa shape index (κ2) is 10.0. The van der Waals surface area contributed by atoms with Crippen LogP contribution in [0.4, 0.5) is 0 Å². The van der Waals surface area contributed by atoms with Crippen LogP contribution in [-0.4, -0.2) is 29.3 Å². The maximum absolute atomic E-state index is 10.1. The van der Waals surface area contributed by atoms with E-state index < -0.39 is 6.10 Å². The molecule has 6 nitrogen and oxygen atoms in total. The average molecular weight is 457 g/mol. The summed E-state index contributed by atoms with van der Waals surface area (Å²) in [4.78, 5) is 5.18. The minimum atomic E-state index is -0.626. The Morgan fingerprint density at radius 3 is 2.86 bits per heavy atom. The Labute approximate surface area is 155 Å². The lowest BCUT2D eigenvalue weighted by molar-refractivity contribution is 0.184. The number of aliphatic imine (C=N–C) groups is 1. The van der Waals surface area contributed by atoms with Gasteiger partial charge in [0.05, 0.1) is 10.9 Å². The van der Waals surface area contributed by atoms with Crippen molar-refractivity contribution in [3.05, 3.63) is 39.4 Å². The van der Waals surface area contributed by atoms with Crippen molar-refractivity contribution in [2.45, 2.75) is 19.6 Å². The number of hydrogen-bond acceptors (Lipinski definition) is 5. The molecule has 0 saturated carbocycles. The van der Waals surface area contributed by atoms with Gasteiger partial charge in [-0.1, -0.05) is 16.8 Å². The van der Waals surface area contributed by atoms with Gasteiger partial charge in [-0.3, -0.25) is 0 Å². The van der Waals surface area contributed by atoms with Crippen molar-refractivity contribution in [2.24, 2.45) is 4.99 Å². The van der Waals surface area contributed by atoms with Crippen molar-refractivity contribution >= 4 is 52.9 Å². The fourth-order valence-corrected chi connectivity index (χ4v) is 2.67. The van der Waals surface area contributed by atoms with E-state index in [2.05, 4.69) is 20.8 Å². The first-order valence-corrected chi connectivity index (χ1v) is 7.73. The third-order valence-electron chi connectivity index (χ3n) is 2.62. The van der Waals surface area contributed by atoms with Gasteiger partial charge in [0.1, 0.15) is 18.1 Å².